The molecule has 2 nitrogen and oxygen atoms in total. The van der Waals surface area contributed by atoms with E-state index in [0.29, 0.717) is 0 Å². The van der Waals surface area contributed by atoms with Crippen LogP contribution in [0.25, 0.3) is 0 Å². The highest BCUT2D eigenvalue weighted by atomic mass is 16.0. The fourth-order valence-electron chi connectivity index (χ4n) is 1.32. The minimum atomic E-state index is 0. The number of rotatable bonds is 6. The van der Waals surface area contributed by atoms with Crippen LogP contribution in [-0.4, -0.2) is 37.6 Å². The predicted octanol–water partition coefficient (Wildman–Crippen LogP) is 2.73. The van der Waals surface area contributed by atoms with E-state index in [1.807, 2.05) is 0 Å². The zero-order chi connectivity index (χ0) is 9.61. The summed E-state index contributed by atoms with van der Waals surface area (Å²) in [4.78, 5) is 0. The Balaban J connectivity index is 0. The summed E-state index contributed by atoms with van der Waals surface area (Å²) in [7, 11) is 6.80. The number of unbranched alkanes of at least 4 members (excludes halogenated alkanes) is 2. The summed E-state index contributed by atoms with van der Waals surface area (Å²) in [6.07, 6.45) is 5.61. The van der Waals surface area contributed by atoms with Crippen LogP contribution in [0.2, 0.25) is 0 Å². The first-order chi connectivity index (χ1) is 5.42. The summed E-state index contributed by atoms with van der Waals surface area (Å²) in [5, 5.41) is 0. The average Bonchev–Trinajstić information content (AvgIpc) is 1.83. The molecule has 13 heavy (non-hydrogen) atoms. The van der Waals surface area contributed by atoms with Gasteiger partial charge in [-0.15, -0.1) is 0 Å². The molecule has 0 amide bonds. The third kappa shape index (κ3) is 14.7. The van der Waals surface area contributed by atoms with Crippen molar-refractivity contribution in [2.75, 3.05) is 27.7 Å². The van der Waals surface area contributed by atoms with Crippen LogP contribution in [0.15, 0.2) is 0 Å². The largest absolute Gasteiger partial charge is 0.870 e. The van der Waals surface area contributed by atoms with Crippen LogP contribution in [-0.2, 0) is 0 Å². The Kier molecular flexibility index (Phi) is 8.69. The van der Waals surface area contributed by atoms with Gasteiger partial charge in [0.25, 0.3) is 0 Å². The number of nitrogens with zero attached hydrogens (tertiary/aromatic N) is 1. The van der Waals surface area contributed by atoms with Crippen molar-refractivity contribution < 1.29 is 9.96 Å². The lowest BCUT2D eigenvalue weighted by molar-refractivity contribution is -0.870. The van der Waals surface area contributed by atoms with Crippen LogP contribution in [0.3, 0.4) is 0 Å². The molecule has 0 unspecified atom stereocenters. The molecule has 0 aromatic rings. The van der Waals surface area contributed by atoms with Gasteiger partial charge in [0, 0.05) is 0 Å². The van der Waals surface area contributed by atoms with Crippen molar-refractivity contribution in [1.29, 1.82) is 0 Å². The quantitative estimate of drug-likeness (QED) is 0.467. The van der Waals surface area contributed by atoms with Crippen LogP contribution in [0.5, 0.6) is 0 Å². The van der Waals surface area contributed by atoms with Crippen LogP contribution in [0.4, 0.5) is 0 Å². The van der Waals surface area contributed by atoms with Crippen LogP contribution in [0.1, 0.15) is 39.5 Å². The molecule has 0 atom stereocenters. The summed E-state index contributed by atoms with van der Waals surface area (Å²) in [5.41, 5.74) is 0. The van der Waals surface area contributed by atoms with E-state index in [1.165, 1.54) is 32.2 Å². The number of hydrogen-bond acceptors (Lipinski definition) is 1. The maximum atomic E-state index is 2.31. The smallest absolute Gasteiger partial charge is 0.0780 e. The van der Waals surface area contributed by atoms with Crippen molar-refractivity contribution in [2.45, 2.75) is 39.5 Å². The molecule has 0 radical (unpaired) electrons. The molecule has 0 saturated heterocycles. The lowest BCUT2D eigenvalue weighted by atomic mass is 10.1. The minimum absolute atomic E-state index is 0. The molecule has 0 bridgehead atoms. The molecule has 2 heteroatoms. The summed E-state index contributed by atoms with van der Waals surface area (Å²) >= 11 is 0. The van der Waals surface area contributed by atoms with Gasteiger partial charge in [0.05, 0.1) is 27.7 Å². The van der Waals surface area contributed by atoms with Crippen molar-refractivity contribution in [3.63, 3.8) is 0 Å². The van der Waals surface area contributed by atoms with Gasteiger partial charge in [-0.25, -0.2) is 0 Å². The highest BCUT2D eigenvalue weighted by molar-refractivity contribution is 4.46. The van der Waals surface area contributed by atoms with E-state index in [9.17, 15) is 0 Å². The highest BCUT2D eigenvalue weighted by Gasteiger charge is 2.05. The zero-order valence-corrected chi connectivity index (χ0v) is 10.0. The van der Waals surface area contributed by atoms with E-state index in [2.05, 4.69) is 35.0 Å². The molecular formula is C11H27NO. The summed E-state index contributed by atoms with van der Waals surface area (Å²) in [6, 6.07) is 0. The number of quaternary nitrogens is 1. The topological polar surface area (TPSA) is 30.0 Å². The van der Waals surface area contributed by atoms with Crippen molar-refractivity contribution >= 4 is 0 Å². The second-order valence-corrected chi connectivity index (χ2v) is 5.26. The molecule has 0 saturated carbocycles. The van der Waals surface area contributed by atoms with Crippen molar-refractivity contribution in [3.8, 4) is 0 Å². The molecule has 0 rings (SSSR count). The molecule has 0 spiro atoms. The van der Waals surface area contributed by atoms with Gasteiger partial charge >= 0.3 is 0 Å². The maximum absolute atomic E-state index is 2.31. The van der Waals surface area contributed by atoms with E-state index in [1.54, 1.807) is 0 Å². The van der Waals surface area contributed by atoms with Gasteiger partial charge in [-0.3, -0.25) is 0 Å². The van der Waals surface area contributed by atoms with Gasteiger partial charge in [0.1, 0.15) is 0 Å². The molecule has 1 N–H and O–H groups in total. The maximum Gasteiger partial charge on any atom is 0.0780 e. The van der Waals surface area contributed by atoms with Gasteiger partial charge in [0.2, 0.25) is 0 Å². The second-order valence-electron chi connectivity index (χ2n) is 5.26. The summed E-state index contributed by atoms with van der Waals surface area (Å²) in [5.74, 6) is 0.883. The van der Waals surface area contributed by atoms with Gasteiger partial charge in [0.15, 0.2) is 0 Å². The predicted molar refractivity (Wildman–Crippen MR) is 58.1 cm³/mol. The van der Waals surface area contributed by atoms with Crippen LogP contribution < -0.4 is 0 Å². The molecular weight excluding hydrogens is 162 g/mol. The van der Waals surface area contributed by atoms with E-state index in [4.69, 9.17) is 0 Å². The van der Waals surface area contributed by atoms with E-state index in [-0.39, 0.29) is 5.48 Å². The molecule has 0 heterocycles. The van der Waals surface area contributed by atoms with Gasteiger partial charge in [-0.05, 0) is 18.8 Å². The third-order valence-electron chi connectivity index (χ3n) is 2.11. The Morgan fingerprint density at radius 3 is 1.85 bits per heavy atom. The van der Waals surface area contributed by atoms with Gasteiger partial charge < -0.3 is 9.96 Å². The Hall–Kier alpha value is -0.0800. The molecule has 0 aromatic carbocycles. The Labute approximate surface area is 83.8 Å². The van der Waals surface area contributed by atoms with Crippen molar-refractivity contribution in [1.82, 2.24) is 0 Å². The Bertz CT molecular complexity index is 105. The highest BCUT2D eigenvalue weighted by Crippen LogP contribution is 2.08. The Morgan fingerprint density at radius 2 is 1.46 bits per heavy atom. The van der Waals surface area contributed by atoms with E-state index in [0.717, 1.165) is 10.4 Å². The van der Waals surface area contributed by atoms with Crippen LogP contribution >= 0.6 is 0 Å². The second kappa shape index (κ2) is 7.34. The lowest BCUT2D eigenvalue weighted by Gasteiger charge is -2.23. The summed E-state index contributed by atoms with van der Waals surface area (Å²) < 4.78 is 1.11. The van der Waals surface area contributed by atoms with Crippen LogP contribution in [0, 0.1) is 5.92 Å². The standard InChI is InChI=1S/C11H26N.H2O/c1-11(2)9-7-6-8-10-12(3,4)5;/h11H,6-10H2,1-5H3;1H2/q+1;/p-1. The molecule has 0 aromatic heterocycles. The molecule has 0 aliphatic rings. The lowest BCUT2D eigenvalue weighted by Crippen LogP contribution is -2.35. The van der Waals surface area contributed by atoms with E-state index < -0.39 is 0 Å². The molecule has 82 valence electrons. The van der Waals surface area contributed by atoms with E-state index >= 15 is 0 Å². The normalized spacial score (nSPS) is 11.5. The summed E-state index contributed by atoms with van der Waals surface area (Å²) in [6.45, 7) is 5.93. The van der Waals surface area contributed by atoms with Crippen molar-refractivity contribution in [2.24, 2.45) is 5.92 Å². The fraction of sp³-hybridized carbons (Fsp3) is 1.00. The number of hydrogen-bond donors (Lipinski definition) is 0. The molecule has 0 fully saturated rings. The Morgan fingerprint density at radius 1 is 0.923 bits per heavy atom. The van der Waals surface area contributed by atoms with Gasteiger partial charge in [-0.1, -0.05) is 26.7 Å². The third-order valence-corrected chi connectivity index (χ3v) is 2.11. The first kappa shape index (κ1) is 15.4. The molecule has 0 aliphatic heterocycles. The minimum Gasteiger partial charge on any atom is -0.870 e. The first-order valence-electron chi connectivity index (χ1n) is 5.22. The van der Waals surface area contributed by atoms with Gasteiger partial charge in [-0.2, -0.15) is 0 Å². The average molecular weight is 189 g/mol. The monoisotopic (exact) mass is 189 g/mol. The first-order valence-corrected chi connectivity index (χ1v) is 5.22. The fourth-order valence-corrected chi connectivity index (χ4v) is 1.32. The SMILES string of the molecule is CC(C)CCCCC[N+](C)(C)C.[OH-]. The zero-order valence-electron chi connectivity index (χ0n) is 10.0. The molecule has 0 aliphatic carbocycles. The van der Waals surface area contributed by atoms with Crippen molar-refractivity contribution in [3.05, 3.63) is 0 Å².